The third kappa shape index (κ3) is 2.07. The number of hydrogen-bond donors (Lipinski definition) is 1. The molecule has 1 amide bonds. The van der Waals surface area contributed by atoms with Gasteiger partial charge >= 0.3 is 12.1 Å². The minimum atomic E-state index is -4.87. The molecule has 6 heteroatoms. The van der Waals surface area contributed by atoms with Crippen LogP contribution in [0.1, 0.15) is 38.3 Å². The van der Waals surface area contributed by atoms with Crippen LogP contribution < -0.4 is 0 Å². The molecular weight excluding hydrogens is 307 g/mol. The Labute approximate surface area is 133 Å². The first-order valence-corrected chi connectivity index (χ1v) is 7.69. The van der Waals surface area contributed by atoms with Crippen LogP contribution in [-0.2, 0) is 16.6 Å². The molecule has 2 atom stereocenters. The fourth-order valence-electron chi connectivity index (χ4n) is 4.33. The van der Waals surface area contributed by atoms with Crippen LogP contribution in [0.3, 0.4) is 0 Å². The number of halogens is 3. The third-order valence-corrected chi connectivity index (χ3v) is 6.13. The van der Waals surface area contributed by atoms with Crippen LogP contribution >= 0.6 is 0 Å². The molecule has 1 fully saturated rings. The molecule has 1 aliphatic heterocycles. The van der Waals surface area contributed by atoms with Gasteiger partial charge in [0.1, 0.15) is 5.75 Å². The number of amides is 1. The van der Waals surface area contributed by atoms with Gasteiger partial charge in [-0.3, -0.25) is 4.79 Å². The van der Waals surface area contributed by atoms with E-state index in [4.69, 9.17) is 0 Å². The molecule has 3 nitrogen and oxygen atoms in total. The summed E-state index contributed by atoms with van der Waals surface area (Å²) in [7, 11) is 0. The molecule has 1 unspecified atom stereocenters. The number of phenols is 1. The number of nitrogens with zero attached hydrogens (tertiary/aromatic N) is 1. The number of aromatic hydroxyl groups is 1. The van der Waals surface area contributed by atoms with E-state index in [9.17, 15) is 23.1 Å². The molecule has 126 valence electrons. The molecule has 3 rings (SSSR count). The minimum absolute atomic E-state index is 0.0814. The molecule has 1 heterocycles. The Morgan fingerprint density at radius 2 is 1.96 bits per heavy atom. The molecule has 2 aliphatic rings. The number of rotatable bonds is 0. The first-order valence-electron chi connectivity index (χ1n) is 7.69. The van der Waals surface area contributed by atoms with E-state index in [1.54, 1.807) is 12.1 Å². The lowest BCUT2D eigenvalue weighted by Gasteiger charge is -2.60. The van der Waals surface area contributed by atoms with Crippen molar-refractivity contribution < 1.29 is 23.1 Å². The Bertz CT molecular complexity index is 668. The maximum atomic E-state index is 12.9. The van der Waals surface area contributed by atoms with Crippen molar-refractivity contribution in [2.45, 2.75) is 51.2 Å². The van der Waals surface area contributed by atoms with E-state index in [-0.39, 0.29) is 24.1 Å². The highest BCUT2D eigenvalue weighted by atomic mass is 19.4. The molecule has 0 saturated carbocycles. The summed E-state index contributed by atoms with van der Waals surface area (Å²) in [6.07, 6.45) is -4.19. The van der Waals surface area contributed by atoms with E-state index >= 15 is 0 Å². The molecule has 1 aromatic carbocycles. The average Bonchev–Trinajstić information content (AvgIpc) is 2.42. The molecule has 0 radical (unpaired) electrons. The second-order valence-corrected chi connectivity index (χ2v) is 7.32. The zero-order valence-corrected chi connectivity index (χ0v) is 13.4. The Morgan fingerprint density at radius 3 is 2.57 bits per heavy atom. The molecule has 2 bridgehead atoms. The first-order chi connectivity index (χ1) is 10.5. The van der Waals surface area contributed by atoms with Gasteiger partial charge in [-0.2, -0.15) is 13.2 Å². The number of fused-ring (bicyclic) bond motifs is 4. The van der Waals surface area contributed by atoms with Gasteiger partial charge in [-0.25, -0.2) is 0 Å². The van der Waals surface area contributed by atoms with Gasteiger partial charge in [-0.05, 0) is 35.4 Å². The minimum Gasteiger partial charge on any atom is -0.508 e. The van der Waals surface area contributed by atoms with Crippen LogP contribution in [0.4, 0.5) is 13.2 Å². The fraction of sp³-hybridized carbons (Fsp3) is 0.588. The highest BCUT2D eigenvalue weighted by molar-refractivity contribution is 5.82. The van der Waals surface area contributed by atoms with Crippen LogP contribution in [0.5, 0.6) is 5.75 Å². The maximum absolute atomic E-state index is 12.9. The predicted octanol–water partition coefficient (Wildman–Crippen LogP) is 3.40. The summed E-state index contributed by atoms with van der Waals surface area (Å²) in [5.41, 5.74) is 0.746. The van der Waals surface area contributed by atoms with E-state index in [2.05, 4.69) is 0 Å². The Kier molecular flexibility index (Phi) is 3.26. The van der Waals surface area contributed by atoms with Gasteiger partial charge in [0, 0.05) is 18.0 Å². The van der Waals surface area contributed by atoms with Crippen LogP contribution in [0.2, 0.25) is 0 Å². The molecule has 1 aliphatic carbocycles. The molecule has 1 saturated heterocycles. The van der Waals surface area contributed by atoms with E-state index in [0.29, 0.717) is 12.0 Å². The number of likely N-dealkylation sites (tertiary alicyclic amines) is 1. The van der Waals surface area contributed by atoms with E-state index < -0.39 is 23.5 Å². The average molecular weight is 327 g/mol. The van der Waals surface area contributed by atoms with Gasteiger partial charge in [0.05, 0.1) is 0 Å². The largest absolute Gasteiger partial charge is 0.508 e. The molecule has 1 N–H and O–H groups in total. The van der Waals surface area contributed by atoms with Crippen molar-refractivity contribution in [1.29, 1.82) is 0 Å². The summed E-state index contributed by atoms with van der Waals surface area (Å²) in [5, 5.41) is 10.2. The summed E-state index contributed by atoms with van der Waals surface area (Å²) in [4.78, 5) is 12.8. The molecular formula is C17H20F3NO2. The monoisotopic (exact) mass is 327 g/mol. The zero-order chi connectivity index (χ0) is 17.2. The summed E-state index contributed by atoms with van der Waals surface area (Å²) in [6.45, 7) is 5.94. The van der Waals surface area contributed by atoms with Crippen LogP contribution in [0.15, 0.2) is 18.2 Å². The first kappa shape index (κ1) is 16.1. The Balaban J connectivity index is 2.13. The van der Waals surface area contributed by atoms with Crippen molar-refractivity contribution in [3.63, 3.8) is 0 Å². The molecule has 0 aromatic heterocycles. The quantitative estimate of drug-likeness (QED) is 0.793. The lowest BCUT2D eigenvalue weighted by atomic mass is 9.51. The second kappa shape index (κ2) is 4.65. The van der Waals surface area contributed by atoms with E-state index in [0.717, 1.165) is 10.5 Å². The number of piperidine rings is 1. The Morgan fingerprint density at radius 1 is 1.30 bits per heavy atom. The van der Waals surface area contributed by atoms with Crippen LogP contribution in [0, 0.1) is 5.41 Å². The fourth-order valence-corrected chi connectivity index (χ4v) is 4.33. The zero-order valence-electron chi connectivity index (χ0n) is 13.4. The van der Waals surface area contributed by atoms with Gasteiger partial charge in [-0.1, -0.05) is 32.9 Å². The predicted molar refractivity (Wildman–Crippen MR) is 79.1 cm³/mol. The molecule has 23 heavy (non-hydrogen) atoms. The van der Waals surface area contributed by atoms with Crippen molar-refractivity contribution in [2.24, 2.45) is 5.41 Å². The highest BCUT2D eigenvalue weighted by Crippen LogP contribution is 2.57. The second-order valence-electron chi connectivity index (χ2n) is 7.32. The smallest absolute Gasteiger partial charge is 0.471 e. The van der Waals surface area contributed by atoms with E-state index in [1.165, 1.54) is 0 Å². The number of carbonyl (C=O) groups excluding carboxylic acids is 1. The van der Waals surface area contributed by atoms with Crippen molar-refractivity contribution in [1.82, 2.24) is 4.90 Å². The van der Waals surface area contributed by atoms with Crippen molar-refractivity contribution in [3.8, 4) is 5.75 Å². The normalized spacial score (nSPS) is 29.1. The summed E-state index contributed by atoms with van der Waals surface area (Å²) in [6, 6.07) is 4.67. The van der Waals surface area contributed by atoms with Gasteiger partial charge < -0.3 is 10.0 Å². The maximum Gasteiger partial charge on any atom is 0.471 e. The van der Waals surface area contributed by atoms with Crippen LogP contribution in [-0.4, -0.2) is 34.7 Å². The van der Waals surface area contributed by atoms with Crippen molar-refractivity contribution in [2.75, 3.05) is 6.54 Å². The summed E-state index contributed by atoms with van der Waals surface area (Å²) < 4.78 is 38.8. The number of hydrogen-bond acceptors (Lipinski definition) is 2. The van der Waals surface area contributed by atoms with Gasteiger partial charge in [0.2, 0.25) is 0 Å². The lowest BCUT2D eigenvalue weighted by molar-refractivity contribution is -0.195. The molecule has 1 aromatic rings. The van der Waals surface area contributed by atoms with Crippen LogP contribution in [0.25, 0.3) is 0 Å². The van der Waals surface area contributed by atoms with Gasteiger partial charge in [-0.15, -0.1) is 0 Å². The van der Waals surface area contributed by atoms with Crippen molar-refractivity contribution >= 4 is 5.91 Å². The van der Waals surface area contributed by atoms with Crippen molar-refractivity contribution in [3.05, 3.63) is 29.3 Å². The topological polar surface area (TPSA) is 40.5 Å². The highest BCUT2D eigenvalue weighted by Gasteiger charge is 2.59. The molecule has 0 spiro atoms. The summed E-state index contributed by atoms with van der Waals surface area (Å²) >= 11 is 0. The Hall–Kier alpha value is -1.72. The number of carbonyl (C=O) groups is 1. The number of benzene rings is 1. The standard InChI is InChI=1S/C17H20F3NO2/c1-15(2)13-9-10-11(5-4-6-12(10)22)16(15,3)7-8-21(13)14(23)17(18,19)20/h4-6,13,22H,7-9H2,1-3H3/t13-,16?/m1/s1. The van der Waals surface area contributed by atoms with Gasteiger partial charge in [0.25, 0.3) is 0 Å². The summed E-state index contributed by atoms with van der Waals surface area (Å²) in [5.74, 6) is -1.69. The van der Waals surface area contributed by atoms with Gasteiger partial charge in [0.15, 0.2) is 0 Å². The number of alkyl halides is 3. The SMILES string of the molecule is CC12CCN(C(=O)C(F)(F)F)[C@H](Cc3c(O)cccc31)C2(C)C. The third-order valence-electron chi connectivity index (χ3n) is 6.13. The lowest BCUT2D eigenvalue weighted by Crippen LogP contribution is -2.66. The number of phenolic OH excluding ortho intramolecular Hbond substituents is 1. The van der Waals surface area contributed by atoms with E-state index in [1.807, 2.05) is 26.8 Å².